The van der Waals surface area contributed by atoms with E-state index in [-0.39, 0.29) is 11.2 Å². The predicted molar refractivity (Wildman–Crippen MR) is 60.0 cm³/mol. The lowest BCUT2D eigenvalue weighted by molar-refractivity contribution is -0.112. The fourth-order valence-electron chi connectivity index (χ4n) is 1.87. The second-order valence-electron chi connectivity index (χ2n) is 4.54. The lowest BCUT2D eigenvalue weighted by atomic mass is 9.72. The highest BCUT2D eigenvalue weighted by atomic mass is 16.1. The highest BCUT2D eigenvalue weighted by molar-refractivity contribution is 5.87. The maximum Gasteiger partial charge on any atom is 0.152 e. The van der Waals surface area contributed by atoms with Gasteiger partial charge in [0.1, 0.15) is 0 Å². The van der Waals surface area contributed by atoms with Crippen LogP contribution in [0.15, 0.2) is 36.0 Å². The molecule has 1 rings (SSSR count). The number of hydrogen-bond acceptors (Lipinski definition) is 1. The molecule has 0 fully saturated rings. The first-order valence-electron chi connectivity index (χ1n) is 4.98. The summed E-state index contributed by atoms with van der Waals surface area (Å²) in [5, 5.41) is 0. The van der Waals surface area contributed by atoms with Crippen molar-refractivity contribution < 1.29 is 4.79 Å². The molecule has 0 radical (unpaired) electrons. The second kappa shape index (κ2) is 3.95. The predicted octanol–water partition coefficient (Wildman–Crippen LogP) is 3.29. The number of allylic oxidation sites excluding steroid dienone is 6. The molecule has 0 saturated heterocycles. The molecule has 0 spiro atoms. The van der Waals surface area contributed by atoms with Crippen LogP contribution in [0.1, 0.15) is 27.7 Å². The Morgan fingerprint density at radius 1 is 1.50 bits per heavy atom. The molecule has 1 atom stereocenters. The van der Waals surface area contributed by atoms with Gasteiger partial charge in [0, 0.05) is 5.92 Å². The largest absolute Gasteiger partial charge is 0.295 e. The van der Waals surface area contributed by atoms with Crippen LogP contribution in [-0.2, 0) is 4.79 Å². The first kappa shape index (κ1) is 11.0. The van der Waals surface area contributed by atoms with Gasteiger partial charge in [-0.3, -0.25) is 4.79 Å². The number of rotatable bonds is 2. The van der Waals surface area contributed by atoms with Gasteiger partial charge in [-0.25, -0.2) is 0 Å². The Hall–Kier alpha value is -1.11. The highest BCUT2D eigenvalue weighted by Gasteiger charge is 2.27. The molecule has 1 aliphatic rings. The monoisotopic (exact) mass is 190 g/mol. The molecule has 1 unspecified atom stereocenters. The molecule has 0 aromatic heterocycles. The molecule has 0 amide bonds. The van der Waals surface area contributed by atoms with Crippen LogP contribution in [0.2, 0.25) is 0 Å². The Balaban J connectivity index is 2.90. The van der Waals surface area contributed by atoms with Crippen LogP contribution >= 0.6 is 0 Å². The summed E-state index contributed by atoms with van der Waals surface area (Å²) in [4.78, 5) is 10.9. The van der Waals surface area contributed by atoms with Crippen molar-refractivity contribution >= 4 is 5.78 Å². The zero-order valence-corrected chi connectivity index (χ0v) is 9.37. The third-order valence-corrected chi connectivity index (χ3v) is 2.70. The minimum Gasteiger partial charge on any atom is -0.295 e. The van der Waals surface area contributed by atoms with E-state index in [0.29, 0.717) is 5.92 Å². The normalized spacial score (nSPS) is 25.1. The van der Waals surface area contributed by atoms with E-state index in [9.17, 15) is 4.79 Å². The van der Waals surface area contributed by atoms with Crippen molar-refractivity contribution in [1.82, 2.24) is 0 Å². The van der Waals surface area contributed by atoms with Gasteiger partial charge in [-0.05, 0) is 25.3 Å². The molecular formula is C13H18O. The third-order valence-electron chi connectivity index (χ3n) is 2.70. The number of ketones is 1. The molecule has 76 valence electrons. The molecule has 0 heterocycles. The molecule has 1 heteroatoms. The minimum absolute atomic E-state index is 0.114. The zero-order chi connectivity index (χ0) is 10.8. The Morgan fingerprint density at radius 2 is 2.14 bits per heavy atom. The van der Waals surface area contributed by atoms with Gasteiger partial charge in [0.2, 0.25) is 0 Å². The average Bonchev–Trinajstić information content (AvgIpc) is 2.01. The molecule has 0 saturated carbocycles. The molecule has 14 heavy (non-hydrogen) atoms. The topological polar surface area (TPSA) is 17.1 Å². The van der Waals surface area contributed by atoms with Gasteiger partial charge < -0.3 is 0 Å². The van der Waals surface area contributed by atoms with Crippen LogP contribution < -0.4 is 0 Å². The lowest BCUT2D eigenvalue weighted by Crippen LogP contribution is -2.23. The van der Waals surface area contributed by atoms with E-state index in [1.165, 1.54) is 5.57 Å². The summed E-state index contributed by atoms with van der Waals surface area (Å²) in [5.74, 6) is 0.458. The van der Waals surface area contributed by atoms with Crippen LogP contribution in [0.4, 0.5) is 0 Å². The van der Waals surface area contributed by atoms with E-state index in [1.807, 2.05) is 6.08 Å². The number of hydrogen-bond donors (Lipinski definition) is 0. The van der Waals surface area contributed by atoms with Crippen molar-refractivity contribution in [2.45, 2.75) is 27.7 Å². The van der Waals surface area contributed by atoms with Crippen molar-refractivity contribution in [2.24, 2.45) is 11.3 Å². The Kier molecular flexibility index (Phi) is 3.10. The molecule has 0 aromatic rings. The van der Waals surface area contributed by atoms with Gasteiger partial charge in [0.05, 0.1) is 0 Å². The number of carbonyl (C=O) groups is 1. The SMILES string of the molecule is CC(=O)/C=C/C1C(C)=CC=CC1(C)C. The summed E-state index contributed by atoms with van der Waals surface area (Å²) in [6, 6.07) is 0. The van der Waals surface area contributed by atoms with E-state index in [0.717, 1.165) is 0 Å². The van der Waals surface area contributed by atoms with Gasteiger partial charge in [-0.2, -0.15) is 0 Å². The molecule has 1 nitrogen and oxygen atoms in total. The maximum atomic E-state index is 10.9. The second-order valence-corrected chi connectivity index (χ2v) is 4.54. The molecule has 0 N–H and O–H groups in total. The number of carbonyl (C=O) groups excluding carboxylic acids is 1. The summed E-state index contributed by atoms with van der Waals surface area (Å²) in [5.41, 5.74) is 1.43. The minimum atomic E-state index is 0.114. The highest BCUT2D eigenvalue weighted by Crippen LogP contribution is 2.37. The van der Waals surface area contributed by atoms with Gasteiger partial charge in [-0.15, -0.1) is 0 Å². The molecule has 0 aliphatic heterocycles. The van der Waals surface area contributed by atoms with E-state index < -0.39 is 0 Å². The van der Waals surface area contributed by atoms with Crippen molar-refractivity contribution in [3.8, 4) is 0 Å². The van der Waals surface area contributed by atoms with Crippen molar-refractivity contribution in [1.29, 1.82) is 0 Å². The smallest absolute Gasteiger partial charge is 0.152 e. The zero-order valence-electron chi connectivity index (χ0n) is 9.37. The van der Waals surface area contributed by atoms with Crippen molar-refractivity contribution in [3.63, 3.8) is 0 Å². The average molecular weight is 190 g/mol. The van der Waals surface area contributed by atoms with Crippen LogP contribution in [0.3, 0.4) is 0 Å². The molecular weight excluding hydrogens is 172 g/mol. The van der Waals surface area contributed by atoms with Gasteiger partial charge >= 0.3 is 0 Å². The molecule has 1 aliphatic carbocycles. The Morgan fingerprint density at radius 3 is 2.64 bits per heavy atom. The maximum absolute atomic E-state index is 10.9. The molecule has 0 bridgehead atoms. The standard InChI is InChI=1S/C13H18O/c1-10-6-5-9-13(3,4)12(10)8-7-11(2)14/h5-9,12H,1-4H3/b8-7+. The third kappa shape index (κ3) is 2.44. The van der Waals surface area contributed by atoms with Gasteiger partial charge in [0.15, 0.2) is 5.78 Å². The summed E-state index contributed by atoms with van der Waals surface area (Å²) < 4.78 is 0. The van der Waals surface area contributed by atoms with Crippen LogP contribution in [0, 0.1) is 11.3 Å². The van der Waals surface area contributed by atoms with Gasteiger partial charge in [-0.1, -0.05) is 43.7 Å². The van der Waals surface area contributed by atoms with Crippen molar-refractivity contribution in [3.05, 3.63) is 36.0 Å². The van der Waals surface area contributed by atoms with E-state index >= 15 is 0 Å². The lowest BCUT2D eigenvalue weighted by Gasteiger charge is -2.32. The first-order chi connectivity index (χ1) is 6.43. The molecule has 0 aromatic carbocycles. The van der Waals surface area contributed by atoms with E-state index in [2.05, 4.69) is 39.0 Å². The summed E-state index contributed by atoms with van der Waals surface area (Å²) in [7, 11) is 0. The van der Waals surface area contributed by atoms with E-state index in [1.54, 1.807) is 13.0 Å². The van der Waals surface area contributed by atoms with Crippen LogP contribution in [0.5, 0.6) is 0 Å². The van der Waals surface area contributed by atoms with Crippen molar-refractivity contribution in [2.75, 3.05) is 0 Å². The summed E-state index contributed by atoms with van der Waals surface area (Å²) >= 11 is 0. The summed E-state index contributed by atoms with van der Waals surface area (Å²) in [6.07, 6.45) is 10.1. The van der Waals surface area contributed by atoms with E-state index in [4.69, 9.17) is 0 Å². The summed E-state index contributed by atoms with van der Waals surface area (Å²) in [6.45, 7) is 8.08. The van der Waals surface area contributed by atoms with Crippen LogP contribution in [-0.4, -0.2) is 5.78 Å². The Labute approximate surface area is 86.2 Å². The first-order valence-corrected chi connectivity index (χ1v) is 4.98. The Bertz CT molecular complexity index is 316. The quantitative estimate of drug-likeness (QED) is 0.611. The fraction of sp³-hybridized carbons (Fsp3) is 0.462. The van der Waals surface area contributed by atoms with Crippen LogP contribution in [0.25, 0.3) is 0 Å². The van der Waals surface area contributed by atoms with Gasteiger partial charge in [0.25, 0.3) is 0 Å². The fourth-order valence-corrected chi connectivity index (χ4v) is 1.87.